The summed E-state index contributed by atoms with van der Waals surface area (Å²) < 4.78 is 5.83. The Balaban J connectivity index is 1.79. The van der Waals surface area contributed by atoms with Gasteiger partial charge in [-0.3, -0.25) is 14.5 Å². The molecule has 0 radical (unpaired) electrons. The summed E-state index contributed by atoms with van der Waals surface area (Å²) in [6.07, 6.45) is 2.96. The number of anilines is 1. The first-order chi connectivity index (χ1) is 16.8. The Morgan fingerprint density at radius 2 is 1.94 bits per heavy atom. The van der Waals surface area contributed by atoms with Gasteiger partial charge in [0.1, 0.15) is 4.88 Å². The number of ketones is 1. The molecule has 1 unspecified atom stereocenters. The van der Waals surface area contributed by atoms with Crippen LogP contribution in [0, 0.1) is 6.92 Å². The number of hydrogen-bond donors (Lipinski definition) is 1. The first-order valence-electron chi connectivity index (χ1n) is 10.8. The highest BCUT2D eigenvalue weighted by Crippen LogP contribution is 2.43. The number of rotatable bonds is 7. The number of halogens is 1. The minimum atomic E-state index is -0.937. The van der Waals surface area contributed by atoms with Gasteiger partial charge in [0.25, 0.3) is 5.91 Å². The molecule has 0 aliphatic carbocycles. The number of esters is 1. The number of amides is 1. The van der Waals surface area contributed by atoms with E-state index in [1.807, 2.05) is 36.4 Å². The molecule has 1 amide bonds. The maximum atomic E-state index is 13.3. The quantitative estimate of drug-likeness (QED) is 0.304. The van der Waals surface area contributed by atoms with Crippen molar-refractivity contribution >= 4 is 56.1 Å². The minimum Gasteiger partial charge on any atom is -0.503 e. The maximum Gasteiger partial charge on any atom is 0.350 e. The zero-order valence-corrected chi connectivity index (χ0v) is 21.3. The molecule has 1 aliphatic heterocycles. The van der Waals surface area contributed by atoms with E-state index in [1.165, 1.54) is 11.0 Å². The fraction of sp³-hybridized carbons (Fsp3) is 0.154. The lowest BCUT2D eigenvalue weighted by molar-refractivity contribution is -0.117. The molecule has 2 heterocycles. The third-order valence-electron chi connectivity index (χ3n) is 5.32. The van der Waals surface area contributed by atoms with Crippen molar-refractivity contribution in [1.82, 2.24) is 4.98 Å². The van der Waals surface area contributed by atoms with Gasteiger partial charge in [-0.25, -0.2) is 9.78 Å². The third-order valence-corrected chi connectivity index (χ3v) is 6.95. The maximum absolute atomic E-state index is 13.3. The molecule has 35 heavy (non-hydrogen) atoms. The molecule has 3 aromatic rings. The lowest BCUT2D eigenvalue weighted by atomic mass is 9.96. The van der Waals surface area contributed by atoms with Crippen LogP contribution in [0.25, 0.3) is 6.08 Å². The molecule has 178 valence electrons. The van der Waals surface area contributed by atoms with Gasteiger partial charge in [0.05, 0.1) is 23.9 Å². The van der Waals surface area contributed by atoms with Crippen molar-refractivity contribution in [2.75, 3.05) is 11.5 Å². The van der Waals surface area contributed by atoms with Gasteiger partial charge in [0, 0.05) is 4.47 Å². The van der Waals surface area contributed by atoms with Crippen molar-refractivity contribution in [3.05, 3.63) is 98.2 Å². The summed E-state index contributed by atoms with van der Waals surface area (Å²) in [5, 5.41) is 11.0. The lowest BCUT2D eigenvalue weighted by Gasteiger charge is -2.24. The molecule has 7 nitrogen and oxygen atoms in total. The summed E-state index contributed by atoms with van der Waals surface area (Å²) in [5.41, 5.74) is 1.73. The number of aliphatic hydroxyl groups is 1. The fourth-order valence-electron chi connectivity index (χ4n) is 3.74. The summed E-state index contributed by atoms with van der Waals surface area (Å²) in [5.74, 6) is -2.47. The molecule has 4 rings (SSSR count). The van der Waals surface area contributed by atoms with E-state index in [9.17, 15) is 19.5 Å². The Kier molecular flexibility index (Phi) is 7.28. The number of aromatic nitrogens is 1. The third kappa shape index (κ3) is 4.96. The Bertz CT molecular complexity index is 1360. The van der Waals surface area contributed by atoms with E-state index in [-0.39, 0.29) is 22.2 Å². The van der Waals surface area contributed by atoms with Crippen molar-refractivity contribution in [2.45, 2.75) is 19.9 Å². The number of hydrogen-bond acceptors (Lipinski definition) is 7. The van der Waals surface area contributed by atoms with Crippen LogP contribution in [0.4, 0.5) is 5.13 Å². The molecule has 0 spiro atoms. The van der Waals surface area contributed by atoms with Crippen molar-refractivity contribution in [3.63, 3.8) is 0 Å². The normalized spacial score (nSPS) is 15.8. The van der Waals surface area contributed by atoms with Crippen LogP contribution >= 0.6 is 27.3 Å². The molecule has 2 aromatic carbocycles. The van der Waals surface area contributed by atoms with Gasteiger partial charge in [-0.05, 0) is 43.2 Å². The van der Waals surface area contributed by atoms with Gasteiger partial charge in [0.2, 0.25) is 0 Å². The first-order valence-corrected chi connectivity index (χ1v) is 12.4. The number of nitrogens with zero attached hydrogens (tertiary/aromatic N) is 2. The fourth-order valence-corrected chi connectivity index (χ4v) is 5.15. The number of carbonyl (C=O) groups excluding carboxylic acids is 3. The van der Waals surface area contributed by atoms with E-state index in [4.69, 9.17) is 4.74 Å². The largest absolute Gasteiger partial charge is 0.503 e. The summed E-state index contributed by atoms with van der Waals surface area (Å²) in [4.78, 5) is 44.8. The number of ether oxygens (including phenoxy) is 1. The van der Waals surface area contributed by atoms with Gasteiger partial charge in [-0.1, -0.05) is 75.8 Å². The van der Waals surface area contributed by atoms with E-state index < -0.39 is 29.5 Å². The molecule has 0 fully saturated rings. The zero-order chi connectivity index (χ0) is 25.1. The van der Waals surface area contributed by atoms with Crippen LogP contribution in [0.5, 0.6) is 0 Å². The van der Waals surface area contributed by atoms with E-state index in [0.717, 1.165) is 21.4 Å². The molecule has 9 heteroatoms. The highest BCUT2D eigenvalue weighted by molar-refractivity contribution is 9.10. The Labute approximate surface area is 214 Å². The van der Waals surface area contributed by atoms with Crippen LogP contribution in [0.3, 0.4) is 0 Å². The van der Waals surface area contributed by atoms with Gasteiger partial charge in [0.15, 0.2) is 16.7 Å². The van der Waals surface area contributed by atoms with E-state index in [0.29, 0.717) is 11.3 Å². The van der Waals surface area contributed by atoms with Crippen LogP contribution in [0.15, 0.2) is 76.5 Å². The van der Waals surface area contributed by atoms with E-state index in [2.05, 4.69) is 20.9 Å². The van der Waals surface area contributed by atoms with Crippen LogP contribution in [0.2, 0.25) is 0 Å². The summed E-state index contributed by atoms with van der Waals surface area (Å²) in [6.45, 7) is 3.54. The number of aliphatic hydroxyl groups excluding tert-OH is 1. The van der Waals surface area contributed by atoms with Gasteiger partial charge >= 0.3 is 5.97 Å². The van der Waals surface area contributed by atoms with Crippen molar-refractivity contribution in [2.24, 2.45) is 0 Å². The van der Waals surface area contributed by atoms with Gasteiger partial charge in [-0.15, -0.1) is 0 Å². The van der Waals surface area contributed by atoms with Crippen LogP contribution in [0.1, 0.15) is 39.5 Å². The second-order valence-corrected chi connectivity index (χ2v) is 9.53. The van der Waals surface area contributed by atoms with Crippen molar-refractivity contribution < 1.29 is 24.2 Å². The standard InChI is InChI=1S/C26H21BrN2O5S/c1-3-34-25(33)23-15(2)28-26(35-23)29-21(17-10-7-11-18(27)14-17)20(22(31)24(29)32)19(30)13-12-16-8-5-4-6-9-16/h4-14,21,31H,3H2,1-2H3/b13-12+. The smallest absolute Gasteiger partial charge is 0.350 e. The highest BCUT2D eigenvalue weighted by Gasteiger charge is 2.45. The molecular formula is C26H21BrN2O5S. The minimum absolute atomic E-state index is 0.0641. The Hall–Kier alpha value is -3.56. The Morgan fingerprint density at radius 1 is 1.20 bits per heavy atom. The van der Waals surface area contributed by atoms with E-state index in [1.54, 1.807) is 38.1 Å². The number of aryl methyl sites for hydroxylation is 1. The Morgan fingerprint density at radius 3 is 2.63 bits per heavy atom. The van der Waals surface area contributed by atoms with E-state index >= 15 is 0 Å². The predicted molar refractivity (Wildman–Crippen MR) is 137 cm³/mol. The van der Waals surface area contributed by atoms with Gasteiger partial charge in [-0.2, -0.15) is 0 Å². The molecular weight excluding hydrogens is 532 g/mol. The SMILES string of the molecule is CCOC(=O)c1sc(N2C(=O)C(O)=C(C(=O)/C=C/c3ccccc3)C2c2cccc(Br)c2)nc1C. The monoisotopic (exact) mass is 552 g/mol. The molecule has 0 saturated carbocycles. The number of allylic oxidation sites excluding steroid dienone is 1. The number of benzene rings is 2. The van der Waals surface area contributed by atoms with Crippen molar-refractivity contribution in [3.8, 4) is 0 Å². The molecule has 1 N–H and O–H groups in total. The molecule has 0 saturated heterocycles. The van der Waals surface area contributed by atoms with Crippen molar-refractivity contribution in [1.29, 1.82) is 0 Å². The summed E-state index contributed by atoms with van der Waals surface area (Å²) in [6, 6.07) is 15.4. The van der Waals surface area contributed by atoms with Crippen LogP contribution in [-0.4, -0.2) is 34.4 Å². The lowest BCUT2D eigenvalue weighted by Crippen LogP contribution is -2.30. The molecule has 1 aliphatic rings. The second kappa shape index (κ2) is 10.4. The average Bonchev–Trinajstić information content (AvgIpc) is 3.35. The molecule has 1 aromatic heterocycles. The zero-order valence-electron chi connectivity index (χ0n) is 18.9. The van der Waals surface area contributed by atoms with Crippen LogP contribution in [-0.2, 0) is 14.3 Å². The summed E-state index contributed by atoms with van der Waals surface area (Å²) >= 11 is 4.41. The number of carbonyl (C=O) groups is 3. The second-order valence-electron chi connectivity index (χ2n) is 7.63. The molecule has 0 bridgehead atoms. The summed E-state index contributed by atoms with van der Waals surface area (Å²) in [7, 11) is 0. The average molecular weight is 553 g/mol. The van der Waals surface area contributed by atoms with Crippen LogP contribution < -0.4 is 4.90 Å². The predicted octanol–water partition coefficient (Wildman–Crippen LogP) is 5.57. The first kappa shape index (κ1) is 24.6. The van der Waals surface area contributed by atoms with Gasteiger partial charge < -0.3 is 9.84 Å². The highest BCUT2D eigenvalue weighted by atomic mass is 79.9. The topological polar surface area (TPSA) is 96.8 Å². The molecule has 1 atom stereocenters. The number of thiazole rings is 1.